The number of nitrogens with zero attached hydrogens (tertiary/aromatic N) is 3. The van der Waals surface area contributed by atoms with Gasteiger partial charge in [0, 0.05) is 30.6 Å². The Morgan fingerprint density at radius 2 is 2.10 bits per heavy atom. The molecule has 1 N–H and O–H groups in total. The van der Waals surface area contributed by atoms with Crippen molar-refractivity contribution in [3.05, 3.63) is 36.3 Å². The van der Waals surface area contributed by atoms with E-state index in [1.54, 1.807) is 6.20 Å². The second-order valence-electron chi connectivity index (χ2n) is 5.78. The third-order valence-electron chi connectivity index (χ3n) is 4.68. The fraction of sp³-hybridized carbons (Fsp3) is 0.467. The molecule has 4 heterocycles. The number of H-pyrrole nitrogens is 1. The van der Waals surface area contributed by atoms with Crippen LogP contribution in [-0.4, -0.2) is 39.5 Å². The summed E-state index contributed by atoms with van der Waals surface area (Å²) in [6, 6.07) is 4.35. The Morgan fingerprint density at radius 1 is 1.15 bits per heavy atom. The number of imidazole rings is 1. The molecule has 0 aliphatic carbocycles. The molecule has 0 aromatic carbocycles. The Morgan fingerprint density at radius 3 is 2.85 bits per heavy atom. The van der Waals surface area contributed by atoms with Crippen LogP contribution >= 0.6 is 12.4 Å². The quantitative estimate of drug-likeness (QED) is 0.925. The molecular weight excluding hydrogens is 272 g/mol. The van der Waals surface area contributed by atoms with Crippen molar-refractivity contribution in [1.82, 2.24) is 19.9 Å². The highest BCUT2D eigenvalue weighted by Crippen LogP contribution is 2.41. The highest BCUT2D eigenvalue weighted by molar-refractivity contribution is 5.85. The van der Waals surface area contributed by atoms with Crippen LogP contribution in [0.3, 0.4) is 0 Å². The van der Waals surface area contributed by atoms with Gasteiger partial charge < -0.3 is 9.88 Å². The molecule has 2 aliphatic rings. The molecule has 2 fully saturated rings. The van der Waals surface area contributed by atoms with Gasteiger partial charge in [0.2, 0.25) is 0 Å². The van der Waals surface area contributed by atoms with E-state index in [4.69, 9.17) is 0 Å². The van der Waals surface area contributed by atoms with Gasteiger partial charge in [-0.1, -0.05) is 6.07 Å². The Bertz CT molecular complexity index is 562. The van der Waals surface area contributed by atoms with E-state index in [1.807, 2.05) is 6.20 Å². The number of fused-ring (bicyclic) bond motifs is 2. The van der Waals surface area contributed by atoms with Gasteiger partial charge in [-0.05, 0) is 44.0 Å². The summed E-state index contributed by atoms with van der Waals surface area (Å²) in [5, 5.41) is 0. The van der Waals surface area contributed by atoms with Crippen LogP contribution in [0.2, 0.25) is 0 Å². The molecule has 2 aromatic rings. The van der Waals surface area contributed by atoms with Gasteiger partial charge in [-0.2, -0.15) is 0 Å². The van der Waals surface area contributed by atoms with E-state index in [2.05, 4.69) is 38.2 Å². The molecule has 2 atom stereocenters. The first kappa shape index (κ1) is 13.6. The number of pyridine rings is 1. The molecule has 2 aromatic heterocycles. The number of piperidine rings is 1. The molecule has 0 amide bonds. The first-order chi connectivity index (χ1) is 9.36. The number of hydrogen-bond acceptors (Lipinski definition) is 3. The minimum atomic E-state index is 0. The lowest BCUT2D eigenvalue weighted by atomic mass is 9.75. The van der Waals surface area contributed by atoms with Crippen LogP contribution in [0.4, 0.5) is 0 Å². The fourth-order valence-electron chi connectivity index (χ4n) is 3.63. The second kappa shape index (κ2) is 5.19. The van der Waals surface area contributed by atoms with Crippen molar-refractivity contribution in [3.63, 3.8) is 0 Å². The number of hydrogen-bond donors (Lipinski definition) is 1. The normalized spacial score (nSPS) is 28.1. The third-order valence-corrected chi connectivity index (χ3v) is 4.68. The lowest BCUT2D eigenvalue weighted by Gasteiger charge is -2.34. The largest absolute Gasteiger partial charge is 0.343 e. The summed E-state index contributed by atoms with van der Waals surface area (Å²) in [5.74, 6) is 0.848. The molecule has 4 rings (SSSR count). The minimum Gasteiger partial charge on any atom is -0.343 e. The van der Waals surface area contributed by atoms with Crippen LogP contribution in [0.5, 0.6) is 0 Å². The van der Waals surface area contributed by atoms with Crippen molar-refractivity contribution >= 4 is 12.4 Å². The highest BCUT2D eigenvalue weighted by atomic mass is 35.5. The maximum atomic E-state index is 4.60. The Hall–Kier alpha value is -1.39. The van der Waals surface area contributed by atoms with Gasteiger partial charge in [0.1, 0.15) is 5.69 Å². The van der Waals surface area contributed by atoms with E-state index in [0.717, 1.165) is 11.5 Å². The van der Waals surface area contributed by atoms with E-state index in [1.165, 1.54) is 44.5 Å². The lowest BCUT2D eigenvalue weighted by molar-refractivity contribution is 0.243. The van der Waals surface area contributed by atoms with Gasteiger partial charge >= 0.3 is 0 Å². The van der Waals surface area contributed by atoms with Crippen LogP contribution in [-0.2, 0) is 5.41 Å². The summed E-state index contributed by atoms with van der Waals surface area (Å²) >= 11 is 0. The predicted molar refractivity (Wildman–Crippen MR) is 81.0 cm³/mol. The molecule has 2 aliphatic heterocycles. The van der Waals surface area contributed by atoms with Gasteiger partial charge in [-0.15, -0.1) is 12.4 Å². The highest BCUT2D eigenvalue weighted by Gasteiger charge is 2.42. The Balaban J connectivity index is 0.00000121. The van der Waals surface area contributed by atoms with Crippen molar-refractivity contribution in [3.8, 4) is 11.5 Å². The van der Waals surface area contributed by atoms with Gasteiger partial charge in [0.25, 0.3) is 0 Å². The zero-order valence-corrected chi connectivity index (χ0v) is 12.2. The van der Waals surface area contributed by atoms with E-state index in [9.17, 15) is 0 Å². The van der Waals surface area contributed by atoms with E-state index < -0.39 is 0 Å². The lowest BCUT2D eigenvalue weighted by Crippen LogP contribution is -2.36. The van der Waals surface area contributed by atoms with Gasteiger partial charge in [-0.25, -0.2) is 4.98 Å². The molecule has 4 nitrogen and oxygen atoms in total. The number of halogens is 1. The summed E-state index contributed by atoms with van der Waals surface area (Å²) in [7, 11) is 0. The smallest absolute Gasteiger partial charge is 0.155 e. The summed E-state index contributed by atoms with van der Waals surface area (Å²) < 4.78 is 0. The molecular formula is C15H19ClN4. The number of nitrogens with one attached hydrogen (secondary N) is 1. The fourth-order valence-corrected chi connectivity index (χ4v) is 3.63. The van der Waals surface area contributed by atoms with Crippen molar-refractivity contribution in [2.45, 2.75) is 24.7 Å². The van der Waals surface area contributed by atoms with E-state index >= 15 is 0 Å². The molecule has 5 heteroatoms. The van der Waals surface area contributed by atoms with Crippen LogP contribution in [0.25, 0.3) is 11.5 Å². The summed E-state index contributed by atoms with van der Waals surface area (Å²) in [6.45, 7) is 3.74. The van der Waals surface area contributed by atoms with Gasteiger partial charge in [0.05, 0.1) is 0 Å². The van der Waals surface area contributed by atoms with Crippen LogP contribution in [0.1, 0.15) is 24.8 Å². The van der Waals surface area contributed by atoms with Crippen molar-refractivity contribution in [1.29, 1.82) is 0 Å². The van der Waals surface area contributed by atoms with Gasteiger partial charge in [-0.3, -0.25) is 4.98 Å². The molecule has 2 saturated heterocycles. The molecule has 0 saturated carbocycles. The number of aromatic amines is 1. The van der Waals surface area contributed by atoms with E-state index in [0.29, 0.717) is 5.41 Å². The summed E-state index contributed by atoms with van der Waals surface area (Å²) in [6.07, 6.45) is 9.58. The first-order valence-corrected chi connectivity index (χ1v) is 7.04. The average Bonchev–Trinajstić information content (AvgIpc) is 3.09. The molecule has 0 radical (unpaired) electrons. The van der Waals surface area contributed by atoms with Crippen molar-refractivity contribution in [2.24, 2.45) is 0 Å². The van der Waals surface area contributed by atoms with Crippen LogP contribution in [0, 0.1) is 0 Å². The van der Waals surface area contributed by atoms with Crippen molar-refractivity contribution in [2.75, 3.05) is 19.6 Å². The van der Waals surface area contributed by atoms with Crippen LogP contribution < -0.4 is 0 Å². The Labute approximate surface area is 125 Å². The minimum absolute atomic E-state index is 0. The standard InChI is InChI=1S/C15H18N4.ClH/c1-4-15(5-9-19(8-1)11-15)12-2-3-13(18-10-12)14-16-6-7-17-14;/h2-3,6-7,10H,1,4-5,8-9,11H2,(H,16,17);1H. The molecule has 0 spiro atoms. The third kappa shape index (κ3) is 2.13. The monoisotopic (exact) mass is 290 g/mol. The predicted octanol–water partition coefficient (Wildman–Crippen LogP) is 2.63. The average molecular weight is 291 g/mol. The first-order valence-electron chi connectivity index (χ1n) is 7.04. The van der Waals surface area contributed by atoms with Crippen molar-refractivity contribution < 1.29 is 0 Å². The van der Waals surface area contributed by atoms with Gasteiger partial charge in [0.15, 0.2) is 5.82 Å². The summed E-state index contributed by atoms with van der Waals surface area (Å²) in [4.78, 5) is 14.5. The molecule has 2 unspecified atom stereocenters. The van der Waals surface area contributed by atoms with Crippen LogP contribution in [0.15, 0.2) is 30.7 Å². The maximum absolute atomic E-state index is 4.60. The summed E-state index contributed by atoms with van der Waals surface area (Å²) in [5.41, 5.74) is 2.70. The number of rotatable bonds is 2. The zero-order valence-electron chi connectivity index (χ0n) is 11.4. The molecule has 2 bridgehead atoms. The molecule has 20 heavy (non-hydrogen) atoms. The topological polar surface area (TPSA) is 44.8 Å². The second-order valence-corrected chi connectivity index (χ2v) is 5.78. The number of aromatic nitrogens is 3. The maximum Gasteiger partial charge on any atom is 0.155 e. The zero-order chi connectivity index (χ0) is 12.7. The molecule has 106 valence electrons. The Kier molecular flexibility index (Phi) is 3.52. The van der Waals surface area contributed by atoms with E-state index in [-0.39, 0.29) is 12.4 Å². The SMILES string of the molecule is Cl.c1c[nH]c(-c2ccc(C34CCCN(CC3)C4)cn2)n1.